The van der Waals surface area contributed by atoms with Gasteiger partial charge >= 0.3 is 0 Å². The van der Waals surface area contributed by atoms with Gasteiger partial charge in [0.2, 0.25) is 0 Å². The molecule has 0 spiro atoms. The molecule has 4 heteroatoms. The summed E-state index contributed by atoms with van der Waals surface area (Å²) in [4.78, 5) is 0. The van der Waals surface area contributed by atoms with Gasteiger partial charge in [0.15, 0.2) is 0 Å². The third-order valence-corrected chi connectivity index (χ3v) is 2.63. The van der Waals surface area contributed by atoms with Crippen LogP contribution in [0.4, 0.5) is 8.78 Å². The number of aryl methyl sites for hydroxylation is 1. The maximum Gasteiger partial charge on any atom is 0.134 e. The molecule has 0 aliphatic carbocycles. The second-order valence-electron chi connectivity index (χ2n) is 3.06. The minimum Gasteiger partial charge on any atom is -0.387 e. The van der Waals surface area contributed by atoms with Crippen LogP contribution in [0.5, 0.6) is 0 Å². The van der Waals surface area contributed by atoms with Crippen molar-refractivity contribution in [2.45, 2.75) is 13.0 Å². The Bertz CT molecular complexity index is 328. The molecule has 78 valence electrons. The first-order valence-corrected chi connectivity index (χ1v) is 5.58. The minimum atomic E-state index is -1.08. The van der Waals surface area contributed by atoms with Crippen molar-refractivity contribution < 1.29 is 13.9 Å². The SMILES string of the molecule is CSCC(O)c1c(F)ccc(C)c1F. The Labute approximate surface area is 86.1 Å². The van der Waals surface area contributed by atoms with Crippen molar-refractivity contribution in [2.24, 2.45) is 0 Å². The number of aliphatic hydroxyl groups is 1. The molecule has 1 nitrogen and oxygen atoms in total. The van der Waals surface area contributed by atoms with E-state index in [2.05, 4.69) is 0 Å². The van der Waals surface area contributed by atoms with Crippen LogP contribution in [-0.2, 0) is 0 Å². The lowest BCUT2D eigenvalue weighted by Crippen LogP contribution is -2.07. The molecule has 0 radical (unpaired) electrons. The third kappa shape index (κ3) is 2.25. The smallest absolute Gasteiger partial charge is 0.134 e. The molecule has 1 aromatic rings. The first-order chi connectivity index (χ1) is 6.57. The molecule has 1 N–H and O–H groups in total. The van der Waals surface area contributed by atoms with Gasteiger partial charge in [0.25, 0.3) is 0 Å². The highest BCUT2D eigenvalue weighted by Gasteiger charge is 2.18. The highest BCUT2D eigenvalue weighted by Crippen LogP contribution is 2.25. The molecular weight excluding hydrogens is 206 g/mol. The predicted molar refractivity (Wildman–Crippen MR) is 54.4 cm³/mol. The van der Waals surface area contributed by atoms with Crippen molar-refractivity contribution in [3.63, 3.8) is 0 Å². The van der Waals surface area contributed by atoms with Crippen molar-refractivity contribution in [1.82, 2.24) is 0 Å². The number of thioether (sulfide) groups is 1. The van der Waals surface area contributed by atoms with E-state index in [0.29, 0.717) is 5.56 Å². The monoisotopic (exact) mass is 218 g/mol. The first-order valence-electron chi connectivity index (χ1n) is 4.19. The Balaban J connectivity index is 3.11. The van der Waals surface area contributed by atoms with Crippen molar-refractivity contribution in [1.29, 1.82) is 0 Å². The molecule has 0 aromatic heterocycles. The zero-order valence-electron chi connectivity index (χ0n) is 8.05. The van der Waals surface area contributed by atoms with E-state index >= 15 is 0 Å². The van der Waals surface area contributed by atoms with Gasteiger partial charge in [-0.05, 0) is 24.8 Å². The summed E-state index contributed by atoms with van der Waals surface area (Å²) >= 11 is 1.34. The van der Waals surface area contributed by atoms with Gasteiger partial charge in [-0.3, -0.25) is 0 Å². The van der Waals surface area contributed by atoms with Crippen LogP contribution < -0.4 is 0 Å². The van der Waals surface area contributed by atoms with Gasteiger partial charge in [0.05, 0.1) is 11.7 Å². The summed E-state index contributed by atoms with van der Waals surface area (Å²) < 4.78 is 26.6. The van der Waals surface area contributed by atoms with Crippen molar-refractivity contribution >= 4 is 11.8 Å². The van der Waals surface area contributed by atoms with Gasteiger partial charge in [0, 0.05) is 5.75 Å². The zero-order chi connectivity index (χ0) is 10.7. The lowest BCUT2D eigenvalue weighted by atomic mass is 10.1. The van der Waals surface area contributed by atoms with Gasteiger partial charge in [-0.1, -0.05) is 6.07 Å². The van der Waals surface area contributed by atoms with Crippen molar-refractivity contribution in [3.8, 4) is 0 Å². The second kappa shape index (κ2) is 4.75. The van der Waals surface area contributed by atoms with E-state index in [1.54, 1.807) is 13.2 Å². The van der Waals surface area contributed by atoms with Gasteiger partial charge < -0.3 is 5.11 Å². The number of aliphatic hydroxyl groups excluding tert-OH is 1. The van der Waals surface area contributed by atoms with E-state index in [9.17, 15) is 13.9 Å². The highest BCUT2D eigenvalue weighted by atomic mass is 32.2. The summed E-state index contributed by atoms with van der Waals surface area (Å²) in [6.07, 6.45) is 0.694. The summed E-state index contributed by atoms with van der Waals surface area (Å²) in [6, 6.07) is 2.54. The normalized spacial score (nSPS) is 12.9. The maximum absolute atomic E-state index is 13.4. The van der Waals surface area contributed by atoms with Crippen LogP contribution in [0.1, 0.15) is 17.2 Å². The fourth-order valence-electron chi connectivity index (χ4n) is 1.23. The van der Waals surface area contributed by atoms with E-state index in [1.807, 2.05) is 0 Å². The predicted octanol–water partition coefficient (Wildman–Crippen LogP) is 2.67. The van der Waals surface area contributed by atoms with E-state index < -0.39 is 17.7 Å². The summed E-state index contributed by atoms with van der Waals surface area (Å²) in [5, 5.41) is 9.51. The lowest BCUT2D eigenvalue weighted by Gasteiger charge is -2.12. The Morgan fingerprint density at radius 1 is 1.43 bits per heavy atom. The number of halogens is 2. The number of benzene rings is 1. The van der Waals surface area contributed by atoms with E-state index in [-0.39, 0.29) is 11.3 Å². The van der Waals surface area contributed by atoms with E-state index in [0.717, 1.165) is 0 Å². The van der Waals surface area contributed by atoms with Crippen molar-refractivity contribution in [3.05, 3.63) is 34.9 Å². The van der Waals surface area contributed by atoms with Crippen LogP contribution >= 0.6 is 11.8 Å². The minimum absolute atomic E-state index is 0.223. The van der Waals surface area contributed by atoms with Gasteiger partial charge in [-0.2, -0.15) is 11.8 Å². The molecule has 0 bridgehead atoms. The highest BCUT2D eigenvalue weighted by molar-refractivity contribution is 7.98. The average Bonchev–Trinajstić information content (AvgIpc) is 2.13. The molecule has 0 saturated heterocycles. The lowest BCUT2D eigenvalue weighted by molar-refractivity contribution is 0.193. The Kier molecular flexibility index (Phi) is 3.89. The van der Waals surface area contributed by atoms with Crippen LogP contribution in [0.25, 0.3) is 0 Å². The summed E-state index contributed by atoms with van der Waals surface area (Å²) in [6.45, 7) is 1.55. The van der Waals surface area contributed by atoms with Crippen molar-refractivity contribution in [2.75, 3.05) is 12.0 Å². The molecular formula is C10H12F2OS. The molecule has 14 heavy (non-hydrogen) atoms. The third-order valence-electron chi connectivity index (χ3n) is 1.98. The molecule has 0 heterocycles. The van der Waals surface area contributed by atoms with E-state index in [4.69, 9.17) is 0 Å². The topological polar surface area (TPSA) is 20.2 Å². The quantitative estimate of drug-likeness (QED) is 0.841. The Morgan fingerprint density at radius 2 is 2.07 bits per heavy atom. The first kappa shape index (κ1) is 11.5. The number of hydrogen-bond acceptors (Lipinski definition) is 2. The van der Waals surface area contributed by atoms with Crippen LogP contribution in [0.3, 0.4) is 0 Å². The van der Waals surface area contributed by atoms with Gasteiger partial charge in [-0.25, -0.2) is 8.78 Å². The number of hydrogen-bond donors (Lipinski definition) is 1. The molecule has 0 aliphatic heterocycles. The molecule has 1 aromatic carbocycles. The van der Waals surface area contributed by atoms with Crippen LogP contribution in [-0.4, -0.2) is 17.1 Å². The molecule has 0 amide bonds. The fraction of sp³-hybridized carbons (Fsp3) is 0.400. The molecule has 1 unspecified atom stereocenters. The molecule has 0 fully saturated rings. The summed E-state index contributed by atoms with van der Waals surface area (Å²) in [5.41, 5.74) is 0.126. The largest absolute Gasteiger partial charge is 0.387 e. The fourth-order valence-corrected chi connectivity index (χ4v) is 1.71. The average molecular weight is 218 g/mol. The molecule has 1 rings (SSSR count). The Morgan fingerprint density at radius 3 is 2.64 bits per heavy atom. The van der Waals surface area contributed by atoms with Crippen LogP contribution in [0.15, 0.2) is 12.1 Å². The molecule has 0 saturated carbocycles. The molecule has 1 atom stereocenters. The summed E-state index contributed by atoms with van der Waals surface area (Å²) in [7, 11) is 0. The standard InChI is InChI=1S/C10H12F2OS/c1-6-3-4-7(11)9(10(6)12)8(13)5-14-2/h3-4,8,13H,5H2,1-2H3. The Hall–Kier alpha value is -0.610. The van der Waals surface area contributed by atoms with E-state index in [1.165, 1.54) is 23.9 Å². The second-order valence-corrected chi connectivity index (χ2v) is 3.97. The number of rotatable bonds is 3. The van der Waals surface area contributed by atoms with Gasteiger partial charge in [0.1, 0.15) is 11.6 Å². The molecule has 0 aliphatic rings. The summed E-state index contributed by atoms with van der Waals surface area (Å²) in [5.74, 6) is -1.04. The van der Waals surface area contributed by atoms with Crippen LogP contribution in [0.2, 0.25) is 0 Å². The van der Waals surface area contributed by atoms with Crippen LogP contribution in [0, 0.1) is 18.6 Å². The zero-order valence-corrected chi connectivity index (χ0v) is 8.87. The van der Waals surface area contributed by atoms with Gasteiger partial charge in [-0.15, -0.1) is 0 Å². The maximum atomic E-state index is 13.4.